The average Bonchev–Trinajstić information content (AvgIpc) is 3.19. The molecule has 2 aromatic heterocycles. The number of anilines is 1. The van der Waals surface area contributed by atoms with E-state index in [9.17, 15) is 4.79 Å². The van der Waals surface area contributed by atoms with E-state index in [-0.39, 0.29) is 5.91 Å². The fourth-order valence-corrected chi connectivity index (χ4v) is 3.25. The summed E-state index contributed by atoms with van der Waals surface area (Å²) in [4.78, 5) is 20.2. The van der Waals surface area contributed by atoms with Gasteiger partial charge in [-0.3, -0.25) is 4.79 Å². The Morgan fingerprint density at radius 1 is 1.58 bits per heavy atom. The van der Waals surface area contributed by atoms with Crippen molar-refractivity contribution in [1.29, 1.82) is 0 Å². The predicted molar refractivity (Wildman–Crippen MR) is 78.3 cm³/mol. The molecule has 1 amide bonds. The van der Waals surface area contributed by atoms with Crippen molar-refractivity contribution in [3.8, 4) is 0 Å². The third-order valence-corrected chi connectivity index (χ3v) is 4.66. The minimum Gasteiger partial charge on any atom is -0.397 e. The molecule has 3 rings (SSSR count). The lowest BCUT2D eigenvalue weighted by molar-refractivity contribution is 0.0763. The molecule has 0 aliphatic heterocycles. The van der Waals surface area contributed by atoms with Crippen LogP contribution in [-0.4, -0.2) is 28.9 Å². The smallest absolute Gasteiger partial charge is 0.266 e. The van der Waals surface area contributed by atoms with Crippen molar-refractivity contribution in [3.63, 3.8) is 0 Å². The molecule has 2 N–H and O–H groups in total. The van der Waals surface area contributed by atoms with Crippen LogP contribution >= 0.6 is 11.3 Å². The lowest BCUT2D eigenvalue weighted by Gasteiger charge is -2.20. The van der Waals surface area contributed by atoms with E-state index >= 15 is 0 Å². The van der Waals surface area contributed by atoms with E-state index in [1.54, 1.807) is 6.20 Å². The minimum absolute atomic E-state index is 0.0508. The van der Waals surface area contributed by atoms with Crippen molar-refractivity contribution < 1.29 is 4.79 Å². The lowest BCUT2D eigenvalue weighted by Crippen LogP contribution is -2.32. The normalized spacial score (nSPS) is 14.8. The molecule has 1 saturated carbocycles. The second kappa shape index (κ2) is 4.81. The summed E-state index contributed by atoms with van der Waals surface area (Å²) in [6.07, 6.45) is 4.22. The topological polar surface area (TPSA) is 59.2 Å². The van der Waals surface area contributed by atoms with Crippen LogP contribution in [0.3, 0.4) is 0 Å². The van der Waals surface area contributed by atoms with Gasteiger partial charge in [-0.15, -0.1) is 11.3 Å². The molecule has 0 unspecified atom stereocenters. The van der Waals surface area contributed by atoms with E-state index < -0.39 is 0 Å². The molecule has 1 aliphatic carbocycles. The van der Waals surface area contributed by atoms with Crippen LogP contribution in [-0.2, 0) is 0 Å². The fourth-order valence-electron chi connectivity index (χ4n) is 2.22. The molecule has 0 saturated heterocycles. The van der Waals surface area contributed by atoms with Gasteiger partial charge in [-0.05, 0) is 37.8 Å². The van der Waals surface area contributed by atoms with Gasteiger partial charge < -0.3 is 10.6 Å². The van der Waals surface area contributed by atoms with Gasteiger partial charge in [0, 0.05) is 24.7 Å². The number of aromatic nitrogens is 1. The highest BCUT2D eigenvalue weighted by Gasteiger charge is 2.28. The summed E-state index contributed by atoms with van der Waals surface area (Å²) in [5.41, 5.74) is 6.68. The van der Waals surface area contributed by atoms with Crippen molar-refractivity contribution in [1.82, 2.24) is 9.88 Å². The predicted octanol–water partition coefficient (Wildman–Crippen LogP) is 2.75. The first kappa shape index (κ1) is 12.4. The molecular weight excluding hydrogens is 258 g/mol. The monoisotopic (exact) mass is 275 g/mol. The zero-order chi connectivity index (χ0) is 13.4. The van der Waals surface area contributed by atoms with E-state index in [1.165, 1.54) is 24.2 Å². The van der Waals surface area contributed by atoms with Crippen molar-refractivity contribution in [2.75, 3.05) is 18.8 Å². The van der Waals surface area contributed by atoms with Crippen LogP contribution in [0.4, 0.5) is 5.69 Å². The third kappa shape index (κ3) is 2.30. The van der Waals surface area contributed by atoms with Crippen molar-refractivity contribution in [3.05, 3.63) is 23.2 Å². The maximum Gasteiger partial charge on any atom is 0.266 e. The van der Waals surface area contributed by atoms with Crippen LogP contribution < -0.4 is 5.73 Å². The first-order valence-corrected chi connectivity index (χ1v) is 7.44. The maximum atomic E-state index is 12.6. The standard InChI is InChI=1S/C14H17N3OS/c1-2-17(8-9-5-6-9)14(18)12-11(15)10-4-3-7-16-13(10)19-12/h3-4,7,9H,2,5-6,8,15H2,1H3. The Morgan fingerprint density at radius 3 is 3.00 bits per heavy atom. The number of hydrogen-bond donors (Lipinski definition) is 1. The SMILES string of the molecule is CCN(CC1CC1)C(=O)c1sc2ncccc2c1N. The van der Waals surface area contributed by atoms with Crippen molar-refractivity contribution >= 4 is 33.1 Å². The maximum absolute atomic E-state index is 12.6. The van der Waals surface area contributed by atoms with Crippen LogP contribution in [0.1, 0.15) is 29.4 Å². The highest BCUT2D eigenvalue weighted by Crippen LogP contribution is 2.34. The summed E-state index contributed by atoms with van der Waals surface area (Å²) in [5, 5.41) is 0.887. The second-order valence-corrected chi connectivity index (χ2v) is 5.99. The number of nitrogens with zero attached hydrogens (tertiary/aromatic N) is 2. The lowest BCUT2D eigenvalue weighted by atomic mass is 10.2. The first-order valence-electron chi connectivity index (χ1n) is 6.63. The van der Waals surface area contributed by atoms with Crippen molar-refractivity contribution in [2.24, 2.45) is 5.92 Å². The number of carbonyl (C=O) groups is 1. The number of nitrogen functional groups attached to an aromatic ring is 1. The summed E-state index contributed by atoms with van der Waals surface area (Å²) < 4.78 is 0. The van der Waals surface area contributed by atoms with E-state index in [0.29, 0.717) is 16.5 Å². The van der Waals surface area contributed by atoms with Crippen LogP contribution in [0.5, 0.6) is 0 Å². The van der Waals surface area contributed by atoms with Crippen LogP contribution in [0.25, 0.3) is 10.2 Å². The molecular formula is C14H17N3OS. The van der Waals surface area contributed by atoms with E-state index in [1.807, 2.05) is 24.0 Å². The van der Waals surface area contributed by atoms with Gasteiger partial charge in [0.25, 0.3) is 5.91 Å². The molecule has 2 aromatic rings. The zero-order valence-electron chi connectivity index (χ0n) is 10.9. The average molecular weight is 275 g/mol. The quantitative estimate of drug-likeness (QED) is 0.933. The van der Waals surface area contributed by atoms with Gasteiger partial charge >= 0.3 is 0 Å². The number of fused-ring (bicyclic) bond motifs is 1. The van der Waals surface area contributed by atoms with Crippen LogP contribution in [0.15, 0.2) is 18.3 Å². The van der Waals surface area contributed by atoms with Gasteiger partial charge in [0.2, 0.25) is 0 Å². The molecule has 0 bridgehead atoms. The third-order valence-electron chi connectivity index (χ3n) is 3.54. The molecule has 5 heteroatoms. The number of nitrogens with two attached hydrogens (primary N) is 1. The van der Waals surface area contributed by atoms with Gasteiger partial charge in [0.05, 0.1) is 5.69 Å². The number of hydrogen-bond acceptors (Lipinski definition) is 4. The summed E-state index contributed by atoms with van der Waals surface area (Å²) in [7, 11) is 0. The van der Waals surface area contributed by atoms with Gasteiger partial charge in [0.15, 0.2) is 0 Å². The molecule has 100 valence electrons. The molecule has 0 radical (unpaired) electrons. The Bertz CT molecular complexity index is 618. The number of carbonyl (C=O) groups excluding carboxylic acids is 1. The Balaban J connectivity index is 1.93. The zero-order valence-corrected chi connectivity index (χ0v) is 11.7. The minimum atomic E-state index is 0.0508. The van der Waals surface area contributed by atoms with E-state index in [4.69, 9.17) is 5.73 Å². The summed E-state index contributed by atoms with van der Waals surface area (Å²) in [5.74, 6) is 0.743. The van der Waals surface area contributed by atoms with Crippen LogP contribution in [0, 0.1) is 5.92 Å². The molecule has 1 fully saturated rings. The van der Waals surface area contributed by atoms with E-state index in [2.05, 4.69) is 4.98 Å². The largest absolute Gasteiger partial charge is 0.397 e. The Labute approximate surface area is 116 Å². The number of pyridine rings is 1. The highest BCUT2D eigenvalue weighted by atomic mass is 32.1. The van der Waals surface area contributed by atoms with E-state index in [0.717, 1.165) is 23.3 Å². The molecule has 4 nitrogen and oxygen atoms in total. The van der Waals surface area contributed by atoms with Crippen LogP contribution in [0.2, 0.25) is 0 Å². The Hall–Kier alpha value is -1.62. The molecule has 0 spiro atoms. The first-order chi connectivity index (χ1) is 9.20. The second-order valence-electron chi connectivity index (χ2n) is 4.99. The molecule has 0 atom stereocenters. The number of rotatable bonds is 4. The Morgan fingerprint density at radius 2 is 2.37 bits per heavy atom. The van der Waals surface area contributed by atoms with Gasteiger partial charge in [-0.2, -0.15) is 0 Å². The molecule has 0 aromatic carbocycles. The number of thiophene rings is 1. The Kier molecular flexibility index (Phi) is 3.14. The number of amides is 1. The van der Waals surface area contributed by atoms with Gasteiger partial charge in [0.1, 0.15) is 9.71 Å². The fraction of sp³-hybridized carbons (Fsp3) is 0.429. The summed E-state index contributed by atoms with van der Waals surface area (Å²) in [6, 6.07) is 3.77. The van der Waals surface area contributed by atoms with Gasteiger partial charge in [-0.25, -0.2) is 4.98 Å². The molecule has 2 heterocycles. The summed E-state index contributed by atoms with van der Waals surface area (Å²) in [6.45, 7) is 3.61. The molecule has 1 aliphatic rings. The highest BCUT2D eigenvalue weighted by molar-refractivity contribution is 7.21. The van der Waals surface area contributed by atoms with Crippen molar-refractivity contribution in [2.45, 2.75) is 19.8 Å². The summed E-state index contributed by atoms with van der Waals surface area (Å²) >= 11 is 1.40. The van der Waals surface area contributed by atoms with Gasteiger partial charge in [-0.1, -0.05) is 0 Å². The molecule has 19 heavy (non-hydrogen) atoms.